The van der Waals surface area contributed by atoms with Crippen LogP contribution in [-0.4, -0.2) is 36.0 Å². The van der Waals surface area contributed by atoms with E-state index in [0.717, 1.165) is 37.5 Å². The van der Waals surface area contributed by atoms with Gasteiger partial charge in [-0.05, 0) is 37.5 Å². The summed E-state index contributed by atoms with van der Waals surface area (Å²) in [6.07, 6.45) is 3.06. The number of carbonyl (C=O) groups excluding carboxylic acids is 1. The summed E-state index contributed by atoms with van der Waals surface area (Å²) in [5, 5.41) is 3.45. The highest BCUT2D eigenvalue weighted by Gasteiger charge is 2.32. The maximum atomic E-state index is 13.6. The molecule has 5 heteroatoms. The molecule has 2 heterocycles. The highest BCUT2D eigenvalue weighted by molar-refractivity contribution is 5.94. The fourth-order valence-corrected chi connectivity index (χ4v) is 2.96. The number of hydrogen-bond donors (Lipinski definition) is 1. The molecule has 0 saturated carbocycles. The normalized spacial score (nSPS) is 26.3. The smallest absolute Gasteiger partial charge is 0.256 e. The molecule has 102 valence electrons. The van der Waals surface area contributed by atoms with E-state index >= 15 is 0 Å². The first-order valence-electron chi connectivity index (χ1n) is 6.64. The third-order valence-electron chi connectivity index (χ3n) is 3.97. The molecular weight excluding hydrogens is 250 g/mol. The summed E-state index contributed by atoms with van der Waals surface area (Å²) in [6.45, 7) is 1.17. The quantitative estimate of drug-likeness (QED) is 0.842. The average Bonchev–Trinajstić information content (AvgIpc) is 2.71. The van der Waals surface area contributed by atoms with Crippen molar-refractivity contribution in [2.45, 2.75) is 31.3 Å². The number of fused-ring (bicyclic) bond motifs is 2. The van der Waals surface area contributed by atoms with E-state index in [1.165, 1.54) is 0 Å². The SMILES string of the molecule is O=C(c1cc(F)ccc1F)N1CCC2CCC(C1)N2. The van der Waals surface area contributed by atoms with Gasteiger partial charge in [-0.1, -0.05) is 0 Å². The number of hydrogen-bond acceptors (Lipinski definition) is 2. The predicted molar refractivity (Wildman–Crippen MR) is 66.8 cm³/mol. The first-order chi connectivity index (χ1) is 9.13. The Morgan fingerprint density at radius 2 is 2.00 bits per heavy atom. The summed E-state index contributed by atoms with van der Waals surface area (Å²) in [6, 6.07) is 3.75. The molecule has 0 radical (unpaired) electrons. The molecule has 2 aliphatic rings. The van der Waals surface area contributed by atoms with E-state index in [1.54, 1.807) is 4.90 Å². The zero-order valence-corrected chi connectivity index (χ0v) is 10.5. The van der Waals surface area contributed by atoms with E-state index in [9.17, 15) is 13.6 Å². The van der Waals surface area contributed by atoms with Crippen molar-refractivity contribution in [3.8, 4) is 0 Å². The van der Waals surface area contributed by atoms with Gasteiger partial charge in [0.25, 0.3) is 5.91 Å². The van der Waals surface area contributed by atoms with Crippen LogP contribution in [0.1, 0.15) is 29.6 Å². The fourth-order valence-electron chi connectivity index (χ4n) is 2.96. The molecule has 2 aliphatic heterocycles. The van der Waals surface area contributed by atoms with Gasteiger partial charge in [-0.25, -0.2) is 8.78 Å². The Morgan fingerprint density at radius 1 is 1.21 bits per heavy atom. The molecule has 0 spiro atoms. The van der Waals surface area contributed by atoms with Crippen molar-refractivity contribution in [1.29, 1.82) is 0 Å². The third kappa shape index (κ3) is 2.47. The molecule has 2 unspecified atom stereocenters. The zero-order valence-electron chi connectivity index (χ0n) is 10.5. The Labute approximate surface area is 110 Å². The highest BCUT2D eigenvalue weighted by Crippen LogP contribution is 2.22. The van der Waals surface area contributed by atoms with Gasteiger partial charge in [0, 0.05) is 25.2 Å². The lowest BCUT2D eigenvalue weighted by molar-refractivity contribution is 0.0743. The number of likely N-dealkylation sites (tertiary alicyclic amines) is 1. The van der Waals surface area contributed by atoms with Crippen LogP contribution in [-0.2, 0) is 0 Å². The van der Waals surface area contributed by atoms with E-state index < -0.39 is 17.5 Å². The monoisotopic (exact) mass is 266 g/mol. The van der Waals surface area contributed by atoms with Gasteiger partial charge in [-0.15, -0.1) is 0 Å². The molecule has 1 aromatic carbocycles. The van der Waals surface area contributed by atoms with Crippen molar-refractivity contribution >= 4 is 5.91 Å². The van der Waals surface area contributed by atoms with Crippen LogP contribution in [0.5, 0.6) is 0 Å². The third-order valence-corrected chi connectivity index (χ3v) is 3.97. The summed E-state index contributed by atoms with van der Waals surface area (Å²) in [7, 11) is 0. The Morgan fingerprint density at radius 3 is 2.84 bits per heavy atom. The number of nitrogens with one attached hydrogen (secondary N) is 1. The van der Waals surface area contributed by atoms with Crippen LogP contribution >= 0.6 is 0 Å². The van der Waals surface area contributed by atoms with Gasteiger partial charge in [-0.3, -0.25) is 4.79 Å². The summed E-state index contributed by atoms with van der Waals surface area (Å²) in [5.41, 5.74) is -0.169. The van der Waals surface area contributed by atoms with Crippen molar-refractivity contribution in [3.63, 3.8) is 0 Å². The number of rotatable bonds is 1. The van der Waals surface area contributed by atoms with E-state index in [0.29, 0.717) is 19.1 Å². The Kier molecular flexibility index (Phi) is 3.22. The second-order valence-electron chi connectivity index (χ2n) is 5.30. The summed E-state index contributed by atoms with van der Waals surface area (Å²) in [5.74, 6) is -1.65. The minimum absolute atomic E-state index is 0.169. The summed E-state index contributed by atoms with van der Waals surface area (Å²) >= 11 is 0. The maximum absolute atomic E-state index is 13.6. The first-order valence-corrected chi connectivity index (χ1v) is 6.64. The highest BCUT2D eigenvalue weighted by atomic mass is 19.1. The van der Waals surface area contributed by atoms with Crippen molar-refractivity contribution in [3.05, 3.63) is 35.4 Å². The number of amides is 1. The summed E-state index contributed by atoms with van der Waals surface area (Å²) < 4.78 is 26.8. The summed E-state index contributed by atoms with van der Waals surface area (Å²) in [4.78, 5) is 13.9. The van der Waals surface area contributed by atoms with Crippen LogP contribution in [0.4, 0.5) is 8.78 Å². The minimum atomic E-state index is -0.659. The van der Waals surface area contributed by atoms with Crippen LogP contribution < -0.4 is 5.32 Å². The predicted octanol–water partition coefficient (Wildman–Crippen LogP) is 1.93. The number of nitrogens with zero attached hydrogens (tertiary/aromatic N) is 1. The molecule has 19 heavy (non-hydrogen) atoms. The van der Waals surface area contributed by atoms with Gasteiger partial charge < -0.3 is 10.2 Å². The molecule has 0 aromatic heterocycles. The molecule has 3 rings (SSSR count). The van der Waals surface area contributed by atoms with Crippen LogP contribution in [0.25, 0.3) is 0 Å². The molecule has 2 fully saturated rings. The number of benzene rings is 1. The van der Waals surface area contributed by atoms with Gasteiger partial charge in [0.2, 0.25) is 0 Å². The van der Waals surface area contributed by atoms with Crippen LogP contribution in [0.15, 0.2) is 18.2 Å². The lowest BCUT2D eigenvalue weighted by Crippen LogP contribution is -2.39. The Balaban J connectivity index is 1.81. The van der Waals surface area contributed by atoms with Crippen molar-refractivity contribution in [1.82, 2.24) is 10.2 Å². The lowest BCUT2D eigenvalue weighted by Gasteiger charge is -2.24. The minimum Gasteiger partial charge on any atom is -0.337 e. The van der Waals surface area contributed by atoms with E-state index in [-0.39, 0.29) is 11.6 Å². The van der Waals surface area contributed by atoms with Crippen LogP contribution in [0, 0.1) is 11.6 Å². The maximum Gasteiger partial charge on any atom is 0.256 e. The van der Waals surface area contributed by atoms with Crippen LogP contribution in [0.3, 0.4) is 0 Å². The molecule has 2 atom stereocenters. The largest absolute Gasteiger partial charge is 0.337 e. The standard InChI is InChI=1S/C14H16F2N2O/c15-9-1-4-13(16)12(7-9)14(19)18-6-5-10-2-3-11(8-18)17-10/h1,4,7,10-11,17H,2-3,5-6,8H2. The lowest BCUT2D eigenvalue weighted by atomic mass is 10.1. The van der Waals surface area contributed by atoms with Gasteiger partial charge >= 0.3 is 0 Å². The van der Waals surface area contributed by atoms with Crippen LogP contribution in [0.2, 0.25) is 0 Å². The first kappa shape index (κ1) is 12.5. The Hall–Kier alpha value is -1.49. The molecule has 2 bridgehead atoms. The second-order valence-corrected chi connectivity index (χ2v) is 5.30. The van der Waals surface area contributed by atoms with E-state index in [1.807, 2.05) is 0 Å². The van der Waals surface area contributed by atoms with Gasteiger partial charge in [-0.2, -0.15) is 0 Å². The topological polar surface area (TPSA) is 32.3 Å². The van der Waals surface area contributed by atoms with Crippen molar-refractivity contribution in [2.24, 2.45) is 0 Å². The molecule has 3 nitrogen and oxygen atoms in total. The van der Waals surface area contributed by atoms with Crippen molar-refractivity contribution in [2.75, 3.05) is 13.1 Å². The van der Waals surface area contributed by atoms with Gasteiger partial charge in [0.05, 0.1) is 5.56 Å². The second kappa shape index (κ2) is 4.89. The zero-order chi connectivity index (χ0) is 13.4. The number of halogens is 2. The molecule has 0 aliphatic carbocycles. The molecular formula is C14H16F2N2O. The Bertz CT molecular complexity index is 506. The molecule has 1 aromatic rings. The van der Waals surface area contributed by atoms with Gasteiger partial charge in [0.1, 0.15) is 11.6 Å². The average molecular weight is 266 g/mol. The number of carbonyl (C=O) groups is 1. The molecule has 2 saturated heterocycles. The van der Waals surface area contributed by atoms with E-state index in [4.69, 9.17) is 0 Å². The fraction of sp³-hybridized carbons (Fsp3) is 0.500. The molecule has 1 amide bonds. The van der Waals surface area contributed by atoms with Crippen molar-refractivity contribution < 1.29 is 13.6 Å². The van der Waals surface area contributed by atoms with Gasteiger partial charge in [0.15, 0.2) is 0 Å². The molecule has 1 N–H and O–H groups in total. The van der Waals surface area contributed by atoms with E-state index in [2.05, 4.69) is 5.32 Å².